The smallest absolute Gasteiger partial charge is 0.243 e. The van der Waals surface area contributed by atoms with Crippen molar-refractivity contribution in [3.05, 3.63) is 72.6 Å². The van der Waals surface area contributed by atoms with Crippen molar-refractivity contribution in [1.82, 2.24) is 23.8 Å². The number of benzene rings is 2. The summed E-state index contributed by atoms with van der Waals surface area (Å²) in [5.41, 5.74) is 3.47. The van der Waals surface area contributed by atoms with Gasteiger partial charge in [-0.15, -0.1) is 10.2 Å². The Morgan fingerprint density at radius 3 is 2.46 bits per heavy atom. The van der Waals surface area contributed by atoms with Crippen molar-refractivity contribution in [2.75, 3.05) is 45.7 Å². The van der Waals surface area contributed by atoms with Crippen molar-refractivity contribution in [3.8, 4) is 16.9 Å². The molecule has 1 fully saturated rings. The van der Waals surface area contributed by atoms with E-state index in [9.17, 15) is 8.42 Å². The van der Waals surface area contributed by atoms with Crippen LogP contribution >= 0.6 is 0 Å². The van der Waals surface area contributed by atoms with Crippen LogP contribution in [0.1, 0.15) is 5.56 Å². The molecule has 1 saturated heterocycles. The fourth-order valence-corrected chi connectivity index (χ4v) is 5.72. The number of nitrogens with zero attached hydrogens (tertiary/aromatic N) is 5. The number of aromatic nitrogens is 3. The molecule has 0 radical (unpaired) electrons. The molecule has 0 bridgehead atoms. The Bertz CT molecular complexity index is 1430. The maximum absolute atomic E-state index is 13.1. The predicted molar refractivity (Wildman–Crippen MR) is 135 cm³/mol. The lowest BCUT2D eigenvalue weighted by Crippen LogP contribution is -2.46. The van der Waals surface area contributed by atoms with E-state index in [4.69, 9.17) is 4.74 Å². The van der Waals surface area contributed by atoms with Gasteiger partial charge in [0.25, 0.3) is 0 Å². The Morgan fingerprint density at radius 1 is 0.971 bits per heavy atom. The second kappa shape index (κ2) is 9.65. The van der Waals surface area contributed by atoms with Crippen LogP contribution in [0.15, 0.2) is 71.9 Å². The molecule has 0 amide bonds. The highest BCUT2D eigenvalue weighted by molar-refractivity contribution is 7.89. The number of methoxy groups -OCH3 is 1. The lowest BCUT2D eigenvalue weighted by atomic mass is 10.1. The molecule has 0 unspecified atom stereocenters. The quantitative estimate of drug-likeness (QED) is 0.424. The standard InChI is InChI=1S/C25H28N6O3S/c1-29-13-15-30(16-14-29)35(32,33)21-9-7-19(8-10-21)22-11-12-24(31-18-27-28-25(22)31)26-17-20-5-3-4-6-23(20)34-2/h3-12,18,26H,13-17H2,1-2H3. The number of likely N-dealkylation sites (N-methyl/N-ethyl adjacent to an activating group) is 1. The van der Waals surface area contributed by atoms with E-state index < -0.39 is 10.0 Å². The summed E-state index contributed by atoms with van der Waals surface area (Å²) in [6, 6.07) is 18.8. The number of pyridine rings is 1. The number of sulfonamides is 1. The zero-order chi connectivity index (χ0) is 24.4. The largest absolute Gasteiger partial charge is 0.496 e. The fourth-order valence-electron chi connectivity index (χ4n) is 4.30. The number of para-hydroxylation sites is 1. The first-order valence-corrected chi connectivity index (χ1v) is 12.9. The van der Waals surface area contributed by atoms with E-state index >= 15 is 0 Å². The third kappa shape index (κ3) is 4.60. The van der Waals surface area contributed by atoms with Gasteiger partial charge in [0, 0.05) is 43.9 Å². The third-order valence-corrected chi connectivity index (χ3v) is 8.29. The maximum atomic E-state index is 13.1. The normalized spacial score (nSPS) is 15.4. The van der Waals surface area contributed by atoms with Crippen molar-refractivity contribution in [3.63, 3.8) is 0 Å². The molecule has 2 aromatic carbocycles. The van der Waals surface area contributed by atoms with Gasteiger partial charge in [-0.25, -0.2) is 8.42 Å². The van der Waals surface area contributed by atoms with Crippen LogP contribution in [0.3, 0.4) is 0 Å². The topological polar surface area (TPSA) is 92.1 Å². The molecule has 2 aromatic heterocycles. The molecule has 9 nitrogen and oxygen atoms in total. The van der Waals surface area contributed by atoms with Gasteiger partial charge in [0.1, 0.15) is 17.9 Å². The molecule has 1 aliphatic heterocycles. The van der Waals surface area contributed by atoms with Gasteiger partial charge in [0.2, 0.25) is 10.0 Å². The van der Waals surface area contributed by atoms with E-state index in [0.29, 0.717) is 30.2 Å². The van der Waals surface area contributed by atoms with Gasteiger partial charge in [0.05, 0.1) is 12.0 Å². The second-order valence-electron chi connectivity index (χ2n) is 8.55. The number of hydrogen-bond donors (Lipinski definition) is 1. The number of rotatable bonds is 7. The second-order valence-corrected chi connectivity index (χ2v) is 10.5. The maximum Gasteiger partial charge on any atom is 0.243 e. The van der Waals surface area contributed by atoms with E-state index in [-0.39, 0.29) is 0 Å². The molecule has 1 N–H and O–H groups in total. The number of ether oxygens (including phenoxy) is 1. The van der Waals surface area contributed by atoms with Crippen molar-refractivity contribution in [2.24, 2.45) is 0 Å². The monoisotopic (exact) mass is 492 g/mol. The summed E-state index contributed by atoms with van der Waals surface area (Å²) in [6.07, 6.45) is 1.66. The highest BCUT2D eigenvalue weighted by atomic mass is 32.2. The lowest BCUT2D eigenvalue weighted by molar-refractivity contribution is 0.222. The lowest BCUT2D eigenvalue weighted by Gasteiger charge is -2.31. The Balaban J connectivity index is 1.38. The van der Waals surface area contributed by atoms with Crippen LogP contribution in [0, 0.1) is 0 Å². The van der Waals surface area contributed by atoms with Gasteiger partial charge in [-0.3, -0.25) is 4.40 Å². The van der Waals surface area contributed by atoms with E-state index in [0.717, 1.165) is 41.3 Å². The van der Waals surface area contributed by atoms with Crippen molar-refractivity contribution >= 4 is 21.5 Å². The van der Waals surface area contributed by atoms with Crippen LogP contribution in [0.5, 0.6) is 5.75 Å². The summed E-state index contributed by atoms with van der Waals surface area (Å²) < 4.78 is 35.0. The highest BCUT2D eigenvalue weighted by Crippen LogP contribution is 2.28. The van der Waals surface area contributed by atoms with E-state index in [1.165, 1.54) is 0 Å². The Kier molecular flexibility index (Phi) is 6.42. The molecule has 3 heterocycles. The molecule has 10 heteroatoms. The molecule has 0 spiro atoms. The van der Waals surface area contributed by atoms with Crippen LogP contribution in [-0.2, 0) is 16.6 Å². The van der Waals surface area contributed by atoms with Gasteiger partial charge in [0.15, 0.2) is 5.65 Å². The molecule has 0 aliphatic carbocycles. The average molecular weight is 493 g/mol. The summed E-state index contributed by atoms with van der Waals surface area (Å²) in [5, 5.41) is 11.8. The summed E-state index contributed by atoms with van der Waals surface area (Å²) >= 11 is 0. The minimum atomic E-state index is -3.51. The SMILES string of the molecule is COc1ccccc1CNc1ccc(-c2ccc(S(=O)(=O)N3CCN(C)CC3)cc2)c2nncn12. The average Bonchev–Trinajstić information content (AvgIpc) is 3.38. The van der Waals surface area contributed by atoms with Gasteiger partial charge in [-0.2, -0.15) is 4.31 Å². The summed E-state index contributed by atoms with van der Waals surface area (Å²) in [7, 11) is 0.154. The third-order valence-electron chi connectivity index (χ3n) is 6.37. The first kappa shape index (κ1) is 23.3. The fraction of sp³-hybridized carbons (Fsp3) is 0.280. The minimum Gasteiger partial charge on any atom is -0.496 e. The van der Waals surface area contributed by atoms with Crippen LogP contribution in [-0.4, -0.2) is 72.6 Å². The van der Waals surface area contributed by atoms with E-state index in [1.807, 2.05) is 60.0 Å². The minimum absolute atomic E-state index is 0.304. The molecular formula is C25H28N6O3S. The van der Waals surface area contributed by atoms with Crippen molar-refractivity contribution in [1.29, 1.82) is 0 Å². The van der Waals surface area contributed by atoms with E-state index in [2.05, 4.69) is 20.4 Å². The first-order chi connectivity index (χ1) is 17.0. The summed E-state index contributed by atoms with van der Waals surface area (Å²) in [5.74, 6) is 1.66. The zero-order valence-corrected chi connectivity index (χ0v) is 20.6. The Labute approximate surface area is 205 Å². The molecule has 0 saturated carbocycles. The molecule has 35 heavy (non-hydrogen) atoms. The number of anilines is 1. The van der Waals surface area contributed by atoms with Crippen molar-refractivity contribution < 1.29 is 13.2 Å². The van der Waals surface area contributed by atoms with Crippen LogP contribution in [0.2, 0.25) is 0 Å². The van der Waals surface area contributed by atoms with Gasteiger partial charge in [-0.05, 0) is 42.9 Å². The number of hydrogen-bond acceptors (Lipinski definition) is 7. The van der Waals surface area contributed by atoms with Gasteiger partial charge >= 0.3 is 0 Å². The van der Waals surface area contributed by atoms with Gasteiger partial charge < -0.3 is 15.0 Å². The Morgan fingerprint density at radius 2 is 1.71 bits per heavy atom. The van der Waals surface area contributed by atoms with E-state index in [1.54, 1.807) is 29.9 Å². The molecular weight excluding hydrogens is 464 g/mol. The zero-order valence-electron chi connectivity index (χ0n) is 19.8. The number of fused-ring (bicyclic) bond motifs is 1. The molecule has 0 atom stereocenters. The molecule has 1 aliphatic rings. The first-order valence-electron chi connectivity index (χ1n) is 11.4. The number of nitrogens with one attached hydrogen (secondary N) is 1. The Hall–Kier alpha value is -3.47. The molecule has 4 aromatic rings. The molecule has 182 valence electrons. The highest BCUT2D eigenvalue weighted by Gasteiger charge is 2.27. The number of piperazine rings is 1. The molecule has 5 rings (SSSR count). The van der Waals surface area contributed by atoms with Crippen LogP contribution < -0.4 is 10.1 Å². The van der Waals surface area contributed by atoms with Crippen LogP contribution in [0.25, 0.3) is 16.8 Å². The summed E-state index contributed by atoms with van der Waals surface area (Å²) in [6.45, 7) is 3.06. The predicted octanol–water partition coefficient (Wildman–Crippen LogP) is 2.95. The van der Waals surface area contributed by atoms with Gasteiger partial charge in [-0.1, -0.05) is 30.3 Å². The van der Waals surface area contributed by atoms with Crippen LogP contribution in [0.4, 0.5) is 5.82 Å². The van der Waals surface area contributed by atoms with Crippen molar-refractivity contribution in [2.45, 2.75) is 11.4 Å². The summed E-state index contributed by atoms with van der Waals surface area (Å²) in [4.78, 5) is 2.44.